The van der Waals surface area contributed by atoms with Crippen LogP contribution in [0.5, 0.6) is 0 Å². The number of aromatic amines is 1. The van der Waals surface area contributed by atoms with E-state index < -0.39 is 0 Å². The molecule has 2 aromatic rings. The molecule has 0 fully saturated rings. The van der Waals surface area contributed by atoms with Gasteiger partial charge in [0.15, 0.2) is 0 Å². The first-order chi connectivity index (χ1) is 8.83. The minimum Gasteiger partial charge on any atom is -0.373 e. The first kappa shape index (κ1) is 10.8. The molecule has 1 aromatic carbocycles. The number of fused-ring (bicyclic) bond motifs is 1. The third-order valence-corrected chi connectivity index (χ3v) is 3.10. The minimum absolute atomic E-state index is 0.0146. The first-order valence-electron chi connectivity index (χ1n) is 5.93. The number of carbonyl (C=O) groups excluding carboxylic acids is 1. The van der Waals surface area contributed by atoms with E-state index in [-0.39, 0.29) is 11.9 Å². The standard InChI is InChI=1S/C13H14N4O/c18-13(14-8-10-5-6-15-17-10)12-7-9-3-1-2-4-11(9)16-12/h1-6,12,16H,7-8H2,(H,14,18)(H,15,17)/t12-/m0/s1. The van der Waals surface area contributed by atoms with Crippen molar-refractivity contribution >= 4 is 11.6 Å². The van der Waals surface area contributed by atoms with Crippen LogP contribution in [0.25, 0.3) is 0 Å². The lowest BCUT2D eigenvalue weighted by molar-refractivity contribution is -0.121. The Morgan fingerprint density at radius 1 is 1.39 bits per heavy atom. The normalized spacial score (nSPS) is 17.0. The Hall–Kier alpha value is -2.30. The molecule has 3 rings (SSSR count). The van der Waals surface area contributed by atoms with Crippen LogP contribution in [0, 0.1) is 0 Å². The molecule has 0 unspecified atom stereocenters. The molecule has 0 saturated carbocycles. The Bertz CT molecular complexity index is 525. The molecule has 18 heavy (non-hydrogen) atoms. The summed E-state index contributed by atoms with van der Waals surface area (Å²) in [5, 5.41) is 12.8. The molecule has 1 atom stereocenters. The first-order valence-corrected chi connectivity index (χ1v) is 5.93. The predicted molar refractivity (Wildman–Crippen MR) is 68.0 cm³/mol. The van der Waals surface area contributed by atoms with Gasteiger partial charge in [-0.05, 0) is 17.7 Å². The zero-order chi connectivity index (χ0) is 12.4. The maximum Gasteiger partial charge on any atom is 0.243 e. The van der Waals surface area contributed by atoms with Gasteiger partial charge < -0.3 is 10.6 Å². The fourth-order valence-electron chi connectivity index (χ4n) is 2.14. The van der Waals surface area contributed by atoms with E-state index in [0.717, 1.165) is 17.8 Å². The lowest BCUT2D eigenvalue weighted by Gasteiger charge is -2.11. The molecule has 0 saturated heterocycles. The second-order valence-electron chi connectivity index (χ2n) is 4.36. The van der Waals surface area contributed by atoms with Crippen molar-refractivity contribution in [3.05, 3.63) is 47.8 Å². The Labute approximate surface area is 105 Å². The van der Waals surface area contributed by atoms with Crippen LogP contribution in [0.3, 0.4) is 0 Å². The molecule has 0 radical (unpaired) electrons. The summed E-state index contributed by atoms with van der Waals surface area (Å²) < 4.78 is 0. The van der Waals surface area contributed by atoms with E-state index >= 15 is 0 Å². The van der Waals surface area contributed by atoms with Crippen molar-refractivity contribution in [2.75, 3.05) is 5.32 Å². The van der Waals surface area contributed by atoms with Crippen LogP contribution in [0.15, 0.2) is 36.5 Å². The maximum atomic E-state index is 12.0. The molecule has 1 aliphatic heterocycles. The lowest BCUT2D eigenvalue weighted by atomic mass is 10.1. The van der Waals surface area contributed by atoms with Crippen LogP contribution in [-0.2, 0) is 17.8 Å². The third kappa shape index (κ3) is 2.07. The highest BCUT2D eigenvalue weighted by Gasteiger charge is 2.25. The number of carbonyl (C=O) groups is 1. The molecule has 1 amide bonds. The summed E-state index contributed by atoms with van der Waals surface area (Å²) in [6, 6.07) is 9.67. The van der Waals surface area contributed by atoms with Crippen molar-refractivity contribution in [2.24, 2.45) is 0 Å². The summed E-state index contributed by atoms with van der Waals surface area (Å²) in [5.74, 6) is 0.0146. The fourth-order valence-corrected chi connectivity index (χ4v) is 2.14. The molecule has 0 bridgehead atoms. The molecule has 0 spiro atoms. The summed E-state index contributed by atoms with van der Waals surface area (Å²) in [6.07, 6.45) is 2.41. The van der Waals surface area contributed by atoms with E-state index in [9.17, 15) is 4.79 Å². The largest absolute Gasteiger partial charge is 0.373 e. The van der Waals surface area contributed by atoms with Gasteiger partial charge in [-0.2, -0.15) is 5.10 Å². The van der Waals surface area contributed by atoms with Crippen LogP contribution < -0.4 is 10.6 Å². The molecule has 3 N–H and O–H groups in total. The van der Waals surface area contributed by atoms with E-state index in [1.165, 1.54) is 5.56 Å². The van der Waals surface area contributed by atoms with Crippen molar-refractivity contribution in [3.8, 4) is 0 Å². The fraction of sp³-hybridized carbons (Fsp3) is 0.231. The molecule has 92 valence electrons. The third-order valence-electron chi connectivity index (χ3n) is 3.10. The number of nitrogens with one attached hydrogen (secondary N) is 3. The van der Waals surface area contributed by atoms with Crippen molar-refractivity contribution in [1.82, 2.24) is 15.5 Å². The number of benzene rings is 1. The van der Waals surface area contributed by atoms with Gasteiger partial charge in [0.1, 0.15) is 6.04 Å². The summed E-state index contributed by atoms with van der Waals surface area (Å²) in [4.78, 5) is 12.0. The Morgan fingerprint density at radius 2 is 2.28 bits per heavy atom. The van der Waals surface area contributed by atoms with Crippen LogP contribution in [0.2, 0.25) is 0 Å². The van der Waals surface area contributed by atoms with Gasteiger partial charge in [0.05, 0.1) is 12.2 Å². The molecule has 2 heterocycles. The highest BCUT2D eigenvalue weighted by molar-refractivity contribution is 5.87. The summed E-state index contributed by atoms with van der Waals surface area (Å²) >= 11 is 0. The van der Waals surface area contributed by atoms with E-state index in [1.807, 2.05) is 30.3 Å². The SMILES string of the molecule is O=C(NCc1ccn[nH]1)[C@@H]1Cc2ccccc2N1. The maximum absolute atomic E-state index is 12.0. The monoisotopic (exact) mass is 242 g/mol. The van der Waals surface area contributed by atoms with Gasteiger partial charge in [-0.15, -0.1) is 0 Å². The smallest absolute Gasteiger partial charge is 0.243 e. The van der Waals surface area contributed by atoms with Gasteiger partial charge in [-0.3, -0.25) is 9.89 Å². The van der Waals surface area contributed by atoms with Crippen molar-refractivity contribution in [1.29, 1.82) is 0 Å². The van der Waals surface area contributed by atoms with Crippen LogP contribution >= 0.6 is 0 Å². The molecular formula is C13H14N4O. The number of anilines is 1. The average molecular weight is 242 g/mol. The number of hydrogen-bond acceptors (Lipinski definition) is 3. The van der Waals surface area contributed by atoms with E-state index in [4.69, 9.17) is 0 Å². The molecular weight excluding hydrogens is 228 g/mol. The predicted octanol–water partition coefficient (Wildman–Crippen LogP) is 1.06. The van der Waals surface area contributed by atoms with E-state index in [2.05, 4.69) is 20.8 Å². The summed E-state index contributed by atoms with van der Waals surface area (Å²) in [7, 11) is 0. The Morgan fingerprint density at radius 3 is 3.06 bits per heavy atom. The van der Waals surface area contributed by atoms with Crippen molar-refractivity contribution < 1.29 is 4.79 Å². The van der Waals surface area contributed by atoms with Gasteiger partial charge in [0.2, 0.25) is 5.91 Å². The van der Waals surface area contributed by atoms with Gasteiger partial charge in [0.25, 0.3) is 0 Å². The zero-order valence-corrected chi connectivity index (χ0v) is 9.81. The number of nitrogens with zero attached hydrogens (tertiary/aromatic N) is 1. The van der Waals surface area contributed by atoms with Crippen molar-refractivity contribution in [3.63, 3.8) is 0 Å². The molecule has 0 aliphatic carbocycles. The molecule has 1 aromatic heterocycles. The van der Waals surface area contributed by atoms with Crippen LogP contribution in [0.1, 0.15) is 11.3 Å². The van der Waals surface area contributed by atoms with E-state index in [1.54, 1.807) is 6.20 Å². The van der Waals surface area contributed by atoms with Gasteiger partial charge in [0, 0.05) is 18.3 Å². The topological polar surface area (TPSA) is 69.8 Å². The lowest BCUT2D eigenvalue weighted by Crippen LogP contribution is -2.38. The van der Waals surface area contributed by atoms with Gasteiger partial charge in [-0.1, -0.05) is 18.2 Å². The van der Waals surface area contributed by atoms with E-state index in [0.29, 0.717) is 6.54 Å². The zero-order valence-electron chi connectivity index (χ0n) is 9.81. The number of hydrogen-bond donors (Lipinski definition) is 3. The average Bonchev–Trinajstić information content (AvgIpc) is 3.04. The second kappa shape index (κ2) is 4.52. The number of amides is 1. The minimum atomic E-state index is -0.176. The molecule has 1 aliphatic rings. The summed E-state index contributed by atoms with van der Waals surface area (Å²) in [5.41, 5.74) is 3.15. The highest BCUT2D eigenvalue weighted by atomic mass is 16.2. The number of para-hydroxylation sites is 1. The number of rotatable bonds is 3. The number of H-pyrrole nitrogens is 1. The summed E-state index contributed by atoms with van der Waals surface area (Å²) in [6.45, 7) is 0.480. The second-order valence-corrected chi connectivity index (χ2v) is 4.36. The highest BCUT2D eigenvalue weighted by Crippen LogP contribution is 2.24. The van der Waals surface area contributed by atoms with Gasteiger partial charge in [-0.25, -0.2) is 0 Å². The van der Waals surface area contributed by atoms with Crippen molar-refractivity contribution in [2.45, 2.75) is 19.0 Å². The quantitative estimate of drug-likeness (QED) is 0.754. The Balaban J connectivity index is 1.59. The molecule has 5 nitrogen and oxygen atoms in total. The van der Waals surface area contributed by atoms with Crippen LogP contribution in [0.4, 0.5) is 5.69 Å². The number of aromatic nitrogens is 2. The van der Waals surface area contributed by atoms with Gasteiger partial charge >= 0.3 is 0 Å². The molecule has 5 heteroatoms. The Kier molecular flexibility index (Phi) is 2.72. The van der Waals surface area contributed by atoms with Crippen LogP contribution in [-0.4, -0.2) is 22.1 Å².